The molecule has 2 amide bonds. The molecule has 2 heterocycles. The average Bonchev–Trinajstić information content (AvgIpc) is 3.46. The lowest BCUT2D eigenvalue weighted by atomic mass is 9.98. The van der Waals surface area contributed by atoms with E-state index in [0.717, 1.165) is 49.8 Å². The molecule has 8 nitrogen and oxygen atoms in total. The van der Waals surface area contributed by atoms with E-state index in [4.69, 9.17) is 0 Å². The van der Waals surface area contributed by atoms with Crippen LogP contribution in [0.25, 0.3) is 0 Å². The molecule has 1 fully saturated rings. The van der Waals surface area contributed by atoms with Crippen molar-refractivity contribution in [2.45, 2.75) is 89.8 Å². The van der Waals surface area contributed by atoms with Crippen LogP contribution in [0.1, 0.15) is 83.6 Å². The molecule has 1 unspecified atom stereocenters. The van der Waals surface area contributed by atoms with E-state index >= 15 is 0 Å². The van der Waals surface area contributed by atoms with Crippen molar-refractivity contribution in [2.24, 2.45) is 0 Å². The van der Waals surface area contributed by atoms with Gasteiger partial charge in [-0.05, 0) is 62.3 Å². The molecule has 12 heteroatoms. The summed E-state index contributed by atoms with van der Waals surface area (Å²) < 4.78 is 54.6. The Morgan fingerprint density at radius 2 is 1.82 bits per heavy atom. The highest BCUT2D eigenvalue weighted by atomic mass is 19.4. The molecule has 1 aliphatic heterocycles. The lowest BCUT2D eigenvalue weighted by Gasteiger charge is -2.35. The Balaban J connectivity index is 1.47. The Hall–Kier alpha value is -3.77. The maximum absolute atomic E-state index is 13.7. The van der Waals surface area contributed by atoms with Crippen LogP contribution in [0.3, 0.4) is 0 Å². The monoisotopic (exact) mass is 631 g/mol. The second kappa shape index (κ2) is 15.5. The zero-order valence-corrected chi connectivity index (χ0v) is 25.6. The lowest BCUT2D eigenvalue weighted by molar-refractivity contribution is -0.140. The number of alkyl halides is 3. The molecule has 3 aromatic rings. The number of rotatable bonds is 13. The number of halogens is 4. The molecule has 4 rings (SSSR count). The van der Waals surface area contributed by atoms with Crippen LogP contribution in [0.5, 0.6) is 0 Å². The van der Waals surface area contributed by atoms with Crippen molar-refractivity contribution in [3.05, 3.63) is 88.5 Å². The standard InChI is InChI=1S/C33H41F4N5O3/c1-3-10-24-13-8-9-16-41(24)32(45)29-19-28(40-42(29)4-2)31(44)39-27(18-22-11-6-5-7-12-22)30(43)21-38-20-23-14-15-26(34)25(17-23)33(35,36)37/h5-7,11-12,14-15,17,19,24,27,30,38,43H,3-4,8-10,13,16,18,20-21H2,1-2H3,(H,39,44)/t24?,27-,30-/m0/s1. The van der Waals surface area contributed by atoms with Gasteiger partial charge in [0.25, 0.3) is 11.8 Å². The van der Waals surface area contributed by atoms with Gasteiger partial charge in [-0.1, -0.05) is 49.7 Å². The zero-order valence-electron chi connectivity index (χ0n) is 25.6. The second-order valence-corrected chi connectivity index (χ2v) is 11.4. The number of amides is 2. The minimum Gasteiger partial charge on any atom is -0.390 e. The number of aliphatic hydroxyl groups excluding tert-OH is 1. The van der Waals surface area contributed by atoms with Gasteiger partial charge in [0, 0.05) is 38.3 Å². The summed E-state index contributed by atoms with van der Waals surface area (Å²) in [5.74, 6) is -2.07. The molecule has 1 saturated heterocycles. The van der Waals surface area contributed by atoms with Gasteiger partial charge in [-0.2, -0.15) is 18.3 Å². The smallest absolute Gasteiger partial charge is 0.390 e. The minimum absolute atomic E-state index is 0.0495. The Morgan fingerprint density at radius 1 is 1.07 bits per heavy atom. The quantitative estimate of drug-likeness (QED) is 0.221. The number of likely N-dealkylation sites (tertiary alicyclic amines) is 1. The van der Waals surface area contributed by atoms with Gasteiger partial charge < -0.3 is 20.6 Å². The molecular formula is C33H41F4N5O3. The minimum atomic E-state index is -4.83. The predicted octanol–water partition coefficient (Wildman–Crippen LogP) is 5.35. The number of benzene rings is 2. The molecule has 244 valence electrons. The number of carbonyl (C=O) groups is 2. The van der Waals surface area contributed by atoms with Gasteiger partial charge in [-0.25, -0.2) is 4.39 Å². The van der Waals surface area contributed by atoms with Crippen LogP contribution in [0.2, 0.25) is 0 Å². The van der Waals surface area contributed by atoms with Crippen LogP contribution in [0.4, 0.5) is 17.6 Å². The highest BCUT2D eigenvalue weighted by molar-refractivity contribution is 5.98. The number of hydrogen-bond donors (Lipinski definition) is 3. The van der Waals surface area contributed by atoms with Crippen LogP contribution in [-0.4, -0.2) is 62.9 Å². The Labute approximate surface area is 260 Å². The lowest BCUT2D eigenvalue weighted by Crippen LogP contribution is -2.48. The molecule has 0 saturated carbocycles. The number of piperidine rings is 1. The summed E-state index contributed by atoms with van der Waals surface area (Å²) in [5.41, 5.74) is 0.0644. The molecule has 0 aliphatic carbocycles. The summed E-state index contributed by atoms with van der Waals surface area (Å²) >= 11 is 0. The van der Waals surface area contributed by atoms with Gasteiger partial charge in [0.2, 0.25) is 0 Å². The number of hydrogen-bond acceptors (Lipinski definition) is 5. The van der Waals surface area contributed by atoms with Gasteiger partial charge >= 0.3 is 6.18 Å². The first-order chi connectivity index (χ1) is 21.5. The molecule has 0 bridgehead atoms. The Kier molecular flexibility index (Phi) is 11.7. The predicted molar refractivity (Wildman–Crippen MR) is 162 cm³/mol. The van der Waals surface area contributed by atoms with E-state index in [-0.39, 0.29) is 42.7 Å². The maximum atomic E-state index is 13.7. The molecule has 0 spiro atoms. The molecule has 0 radical (unpaired) electrons. The van der Waals surface area contributed by atoms with Gasteiger partial charge in [0.1, 0.15) is 11.5 Å². The largest absolute Gasteiger partial charge is 0.419 e. The summed E-state index contributed by atoms with van der Waals surface area (Å²) in [6, 6.07) is 12.8. The summed E-state index contributed by atoms with van der Waals surface area (Å²) in [7, 11) is 0. The molecule has 45 heavy (non-hydrogen) atoms. The van der Waals surface area contributed by atoms with Crippen molar-refractivity contribution in [2.75, 3.05) is 13.1 Å². The van der Waals surface area contributed by atoms with E-state index in [1.165, 1.54) is 16.8 Å². The molecule has 1 aromatic heterocycles. The zero-order chi connectivity index (χ0) is 32.6. The fraction of sp³-hybridized carbons (Fsp3) is 0.485. The topological polar surface area (TPSA) is 99.5 Å². The Morgan fingerprint density at radius 3 is 2.51 bits per heavy atom. The third-order valence-electron chi connectivity index (χ3n) is 8.14. The van der Waals surface area contributed by atoms with Crippen molar-refractivity contribution in [1.29, 1.82) is 0 Å². The molecular weight excluding hydrogens is 590 g/mol. The van der Waals surface area contributed by atoms with Crippen LogP contribution in [0, 0.1) is 5.82 Å². The first-order valence-electron chi connectivity index (χ1n) is 15.5. The van der Waals surface area contributed by atoms with E-state index in [1.807, 2.05) is 42.2 Å². The average molecular weight is 632 g/mol. The molecule has 1 aliphatic rings. The van der Waals surface area contributed by atoms with E-state index in [9.17, 15) is 32.3 Å². The highest BCUT2D eigenvalue weighted by Gasteiger charge is 2.34. The highest BCUT2D eigenvalue weighted by Crippen LogP contribution is 2.32. The second-order valence-electron chi connectivity index (χ2n) is 11.4. The van der Waals surface area contributed by atoms with Crippen LogP contribution in [0.15, 0.2) is 54.6 Å². The first-order valence-corrected chi connectivity index (χ1v) is 15.5. The number of nitrogens with zero attached hydrogens (tertiary/aromatic N) is 3. The van der Waals surface area contributed by atoms with E-state index in [2.05, 4.69) is 22.7 Å². The van der Waals surface area contributed by atoms with Gasteiger partial charge in [-0.15, -0.1) is 0 Å². The fourth-order valence-corrected chi connectivity index (χ4v) is 5.79. The van der Waals surface area contributed by atoms with Crippen LogP contribution in [-0.2, 0) is 25.7 Å². The summed E-state index contributed by atoms with van der Waals surface area (Å²) in [6.07, 6.45) is -0.878. The number of nitrogens with one attached hydrogen (secondary N) is 2. The normalized spacial score (nSPS) is 16.8. The number of aliphatic hydroxyl groups is 1. The van der Waals surface area contributed by atoms with Gasteiger partial charge in [-0.3, -0.25) is 14.3 Å². The number of carbonyl (C=O) groups excluding carboxylic acids is 2. The maximum Gasteiger partial charge on any atom is 0.419 e. The van der Waals surface area contributed by atoms with Crippen molar-refractivity contribution in [1.82, 2.24) is 25.3 Å². The number of aryl methyl sites for hydroxylation is 1. The van der Waals surface area contributed by atoms with Crippen LogP contribution >= 0.6 is 0 Å². The van der Waals surface area contributed by atoms with E-state index in [1.54, 1.807) is 0 Å². The van der Waals surface area contributed by atoms with Crippen molar-refractivity contribution >= 4 is 11.8 Å². The summed E-state index contributed by atoms with van der Waals surface area (Å²) in [5, 5.41) is 21.3. The van der Waals surface area contributed by atoms with E-state index < -0.39 is 35.6 Å². The SMILES string of the molecule is CCCC1CCCCN1C(=O)c1cc(C(=O)N[C@@H](Cc2ccccc2)[C@@H](O)CNCc2ccc(F)c(C(F)(F)F)c2)nn1CC. The third-order valence-corrected chi connectivity index (χ3v) is 8.14. The van der Waals surface area contributed by atoms with Crippen LogP contribution < -0.4 is 10.6 Å². The Bertz CT molecular complexity index is 1430. The van der Waals surface area contributed by atoms with Crippen molar-refractivity contribution < 1.29 is 32.3 Å². The molecule has 2 aromatic carbocycles. The molecule has 3 N–H and O–H groups in total. The molecule has 3 atom stereocenters. The summed E-state index contributed by atoms with van der Waals surface area (Å²) in [4.78, 5) is 29.0. The van der Waals surface area contributed by atoms with Gasteiger partial charge in [0.05, 0.1) is 17.7 Å². The summed E-state index contributed by atoms with van der Waals surface area (Å²) in [6.45, 7) is 4.86. The number of aromatic nitrogens is 2. The first kappa shape index (κ1) is 34.1. The van der Waals surface area contributed by atoms with Gasteiger partial charge in [0.15, 0.2) is 5.69 Å². The fourth-order valence-electron chi connectivity index (χ4n) is 5.79. The van der Waals surface area contributed by atoms with E-state index in [0.29, 0.717) is 18.8 Å². The third kappa shape index (κ3) is 8.91. The van der Waals surface area contributed by atoms with Crippen molar-refractivity contribution in [3.8, 4) is 0 Å². The van der Waals surface area contributed by atoms with Crippen molar-refractivity contribution in [3.63, 3.8) is 0 Å².